The minimum absolute atomic E-state index is 0.129. The van der Waals surface area contributed by atoms with E-state index in [1.807, 2.05) is 30.0 Å². The van der Waals surface area contributed by atoms with Crippen LogP contribution >= 0.6 is 27.7 Å². The van der Waals surface area contributed by atoms with Crippen LogP contribution < -0.4 is 10.6 Å². The molecule has 3 N–H and O–H groups in total. The van der Waals surface area contributed by atoms with Crippen molar-refractivity contribution in [3.8, 4) is 0 Å². The average molecular weight is 358 g/mol. The van der Waals surface area contributed by atoms with Crippen molar-refractivity contribution in [1.82, 2.24) is 0 Å². The number of amidine groups is 1. The first-order valence-electron chi connectivity index (χ1n) is 6.59. The summed E-state index contributed by atoms with van der Waals surface area (Å²) in [5.74, 6) is 1.26. The van der Waals surface area contributed by atoms with E-state index in [0.717, 1.165) is 35.4 Å². The fourth-order valence-corrected chi connectivity index (χ4v) is 3.97. The van der Waals surface area contributed by atoms with Crippen molar-refractivity contribution in [1.29, 1.82) is 0 Å². The Bertz CT molecular complexity index is 519. The molecule has 1 saturated heterocycles. The lowest BCUT2D eigenvalue weighted by Gasteiger charge is -2.25. The van der Waals surface area contributed by atoms with Gasteiger partial charge in [0, 0.05) is 33.6 Å². The van der Waals surface area contributed by atoms with E-state index in [4.69, 9.17) is 10.9 Å². The molecule has 6 heteroatoms. The van der Waals surface area contributed by atoms with E-state index in [9.17, 15) is 0 Å². The van der Waals surface area contributed by atoms with Gasteiger partial charge in [-0.25, -0.2) is 0 Å². The number of rotatable bonds is 2. The van der Waals surface area contributed by atoms with E-state index in [1.54, 1.807) is 0 Å². The van der Waals surface area contributed by atoms with Crippen molar-refractivity contribution < 1.29 is 5.21 Å². The fourth-order valence-electron chi connectivity index (χ4n) is 2.24. The molecule has 0 aromatic heterocycles. The summed E-state index contributed by atoms with van der Waals surface area (Å²) in [7, 11) is 0. The molecule has 0 atom stereocenters. The highest BCUT2D eigenvalue weighted by Crippen LogP contribution is 2.34. The summed E-state index contributed by atoms with van der Waals surface area (Å²) < 4.78 is 1.32. The second-order valence-electron chi connectivity index (χ2n) is 5.50. The van der Waals surface area contributed by atoms with Gasteiger partial charge in [0.05, 0.1) is 5.69 Å². The largest absolute Gasteiger partial charge is 0.409 e. The van der Waals surface area contributed by atoms with E-state index in [1.165, 1.54) is 0 Å². The van der Waals surface area contributed by atoms with Gasteiger partial charge in [0.2, 0.25) is 0 Å². The first-order valence-corrected chi connectivity index (χ1v) is 8.37. The van der Waals surface area contributed by atoms with Gasteiger partial charge in [0.15, 0.2) is 5.84 Å². The number of halogens is 1. The molecule has 0 radical (unpaired) electrons. The van der Waals surface area contributed by atoms with E-state index < -0.39 is 0 Å². The van der Waals surface area contributed by atoms with Gasteiger partial charge in [-0.05, 0) is 40.5 Å². The van der Waals surface area contributed by atoms with Crippen LogP contribution in [-0.2, 0) is 0 Å². The van der Waals surface area contributed by atoms with Crippen molar-refractivity contribution >= 4 is 39.2 Å². The SMILES string of the molecule is CC1(C)CCN(c2ccc(/C(N)=N/O)cc2Br)CCS1. The van der Waals surface area contributed by atoms with E-state index in [0.29, 0.717) is 10.3 Å². The van der Waals surface area contributed by atoms with Crippen molar-refractivity contribution in [2.75, 3.05) is 23.7 Å². The molecule has 20 heavy (non-hydrogen) atoms. The zero-order valence-corrected chi connectivity index (χ0v) is 14.2. The Kier molecular flexibility index (Phi) is 4.86. The first kappa shape index (κ1) is 15.5. The number of nitrogens with zero attached hydrogens (tertiary/aromatic N) is 2. The van der Waals surface area contributed by atoms with E-state index in [-0.39, 0.29) is 5.84 Å². The number of hydrogen-bond donors (Lipinski definition) is 2. The number of nitrogens with two attached hydrogens (primary N) is 1. The first-order chi connectivity index (χ1) is 9.43. The van der Waals surface area contributed by atoms with Gasteiger partial charge in [-0.1, -0.05) is 19.0 Å². The van der Waals surface area contributed by atoms with Crippen LogP contribution in [0.25, 0.3) is 0 Å². The molecule has 4 nitrogen and oxygen atoms in total. The molecule has 1 aliphatic rings. The summed E-state index contributed by atoms with van der Waals surface area (Å²) in [5, 5.41) is 11.8. The summed E-state index contributed by atoms with van der Waals surface area (Å²) in [6.07, 6.45) is 1.16. The Morgan fingerprint density at radius 2 is 2.20 bits per heavy atom. The number of oxime groups is 1. The van der Waals surface area contributed by atoms with Crippen LogP contribution in [0.3, 0.4) is 0 Å². The third-order valence-corrected chi connectivity index (χ3v) is 5.54. The summed E-state index contributed by atoms with van der Waals surface area (Å²) in [4.78, 5) is 2.39. The number of anilines is 1. The summed E-state index contributed by atoms with van der Waals surface area (Å²) >= 11 is 5.62. The lowest BCUT2D eigenvalue weighted by Crippen LogP contribution is -2.27. The molecule has 0 amide bonds. The highest BCUT2D eigenvalue weighted by molar-refractivity contribution is 9.10. The van der Waals surface area contributed by atoms with Crippen LogP contribution in [0.2, 0.25) is 0 Å². The minimum atomic E-state index is 0.129. The molecule has 110 valence electrons. The van der Waals surface area contributed by atoms with Gasteiger partial charge in [-0.3, -0.25) is 0 Å². The Morgan fingerprint density at radius 1 is 1.45 bits per heavy atom. The molecule has 1 aromatic rings. The Balaban J connectivity index is 2.21. The molecule has 1 fully saturated rings. The quantitative estimate of drug-likeness (QED) is 0.369. The molecule has 0 spiro atoms. The average Bonchev–Trinajstić information content (AvgIpc) is 2.59. The smallest absolute Gasteiger partial charge is 0.170 e. The molecule has 1 aromatic carbocycles. The summed E-state index contributed by atoms with van der Waals surface area (Å²) in [6.45, 7) is 6.69. The molecule has 2 rings (SSSR count). The van der Waals surface area contributed by atoms with Crippen LogP contribution in [0.4, 0.5) is 5.69 Å². The fraction of sp³-hybridized carbons (Fsp3) is 0.500. The van der Waals surface area contributed by atoms with Crippen molar-refractivity contribution in [3.63, 3.8) is 0 Å². The predicted molar refractivity (Wildman–Crippen MR) is 90.0 cm³/mol. The van der Waals surface area contributed by atoms with Crippen molar-refractivity contribution in [2.45, 2.75) is 25.0 Å². The third kappa shape index (κ3) is 3.61. The maximum absolute atomic E-state index is 8.73. The van der Waals surface area contributed by atoms with Crippen LogP contribution in [0.5, 0.6) is 0 Å². The molecule has 0 unspecified atom stereocenters. The zero-order valence-electron chi connectivity index (χ0n) is 11.8. The Labute approximate surface area is 132 Å². The molecule has 0 bridgehead atoms. The van der Waals surface area contributed by atoms with E-state index >= 15 is 0 Å². The van der Waals surface area contributed by atoms with Gasteiger partial charge in [-0.2, -0.15) is 11.8 Å². The van der Waals surface area contributed by atoms with E-state index in [2.05, 4.69) is 39.8 Å². The number of hydrogen-bond acceptors (Lipinski definition) is 4. The second-order valence-corrected chi connectivity index (χ2v) is 8.15. The molecular weight excluding hydrogens is 338 g/mol. The van der Waals surface area contributed by atoms with Crippen LogP contribution in [-0.4, -0.2) is 34.6 Å². The lowest BCUT2D eigenvalue weighted by molar-refractivity contribution is 0.318. The highest BCUT2D eigenvalue weighted by atomic mass is 79.9. The zero-order chi connectivity index (χ0) is 14.8. The Hall–Kier alpha value is -0.880. The van der Waals surface area contributed by atoms with Gasteiger partial charge in [-0.15, -0.1) is 0 Å². The Morgan fingerprint density at radius 3 is 2.85 bits per heavy atom. The second kappa shape index (κ2) is 6.26. The summed E-state index contributed by atoms with van der Waals surface area (Å²) in [5.41, 5.74) is 7.49. The molecule has 1 heterocycles. The van der Waals surface area contributed by atoms with Crippen LogP contribution in [0.15, 0.2) is 27.8 Å². The van der Waals surface area contributed by atoms with Gasteiger partial charge in [0.25, 0.3) is 0 Å². The third-order valence-electron chi connectivity index (χ3n) is 3.53. The predicted octanol–water partition coefficient (Wildman–Crippen LogP) is 3.27. The standard InChI is InChI=1S/C14H20BrN3OS/c1-14(2)5-6-18(7-8-20-14)12-4-3-10(9-11(12)15)13(16)17-19/h3-4,9,19H,5-8H2,1-2H3,(H2,16,17). The maximum Gasteiger partial charge on any atom is 0.170 e. The minimum Gasteiger partial charge on any atom is -0.409 e. The number of thioether (sulfide) groups is 1. The van der Waals surface area contributed by atoms with Crippen LogP contribution in [0, 0.1) is 0 Å². The lowest BCUT2D eigenvalue weighted by atomic mass is 10.1. The molecule has 0 saturated carbocycles. The topological polar surface area (TPSA) is 61.8 Å². The van der Waals surface area contributed by atoms with Gasteiger partial charge < -0.3 is 15.8 Å². The van der Waals surface area contributed by atoms with Crippen LogP contribution in [0.1, 0.15) is 25.8 Å². The molecular formula is C14H20BrN3OS. The van der Waals surface area contributed by atoms with Crippen molar-refractivity contribution in [2.24, 2.45) is 10.9 Å². The number of benzene rings is 1. The maximum atomic E-state index is 8.73. The molecule has 0 aliphatic carbocycles. The summed E-state index contributed by atoms with van der Waals surface area (Å²) in [6, 6.07) is 5.81. The monoisotopic (exact) mass is 357 g/mol. The van der Waals surface area contributed by atoms with Gasteiger partial charge in [0.1, 0.15) is 0 Å². The van der Waals surface area contributed by atoms with Gasteiger partial charge >= 0.3 is 0 Å². The normalized spacial score (nSPS) is 19.8. The highest BCUT2D eigenvalue weighted by Gasteiger charge is 2.24. The molecule has 1 aliphatic heterocycles. The van der Waals surface area contributed by atoms with Crippen molar-refractivity contribution in [3.05, 3.63) is 28.2 Å².